The third kappa shape index (κ3) is 3.15. The fraction of sp³-hybridized carbons (Fsp3) is 0.353. The Morgan fingerprint density at radius 1 is 1.38 bits per heavy atom. The van der Waals surface area contributed by atoms with Crippen molar-refractivity contribution < 1.29 is 14.0 Å². The molecule has 2 amide bonds. The Morgan fingerprint density at radius 2 is 2.08 bits per heavy atom. The lowest BCUT2D eigenvalue weighted by Gasteiger charge is -2.31. The van der Waals surface area contributed by atoms with E-state index < -0.39 is 6.04 Å². The number of benzene rings is 1. The van der Waals surface area contributed by atoms with Gasteiger partial charge in [0.1, 0.15) is 17.7 Å². The third-order valence-electron chi connectivity index (χ3n) is 4.08. The lowest BCUT2D eigenvalue weighted by molar-refractivity contribution is -0.126. The zero-order valence-electron chi connectivity index (χ0n) is 13.6. The van der Waals surface area contributed by atoms with E-state index in [0.717, 1.165) is 11.3 Å². The first-order valence-electron chi connectivity index (χ1n) is 7.84. The quantitative estimate of drug-likeness (QED) is 0.929. The maximum absolute atomic E-state index is 12.9. The number of hydrogen-bond donors (Lipinski definition) is 1. The minimum absolute atomic E-state index is 0.0909. The molecule has 2 heterocycles. The number of carbonyl (C=O) groups is 2. The second-order valence-electron chi connectivity index (χ2n) is 5.90. The number of nitrogens with zero attached hydrogens (tertiary/aromatic N) is 3. The van der Waals surface area contributed by atoms with Crippen LogP contribution in [-0.4, -0.2) is 27.6 Å². The van der Waals surface area contributed by atoms with Crippen LogP contribution in [0.2, 0.25) is 0 Å². The number of fused-ring (bicyclic) bond motifs is 1. The Bertz CT molecular complexity index is 769. The van der Waals surface area contributed by atoms with Crippen LogP contribution in [0.1, 0.15) is 24.6 Å². The minimum Gasteiger partial charge on any atom is -0.350 e. The van der Waals surface area contributed by atoms with Crippen molar-refractivity contribution in [2.24, 2.45) is 0 Å². The number of aromatic nitrogens is 2. The minimum atomic E-state index is -0.645. The largest absolute Gasteiger partial charge is 0.350 e. The Labute approximate surface area is 139 Å². The van der Waals surface area contributed by atoms with Crippen LogP contribution in [0.25, 0.3) is 0 Å². The van der Waals surface area contributed by atoms with E-state index in [2.05, 4.69) is 10.4 Å². The number of hydrogen-bond acceptors (Lipinski definition) is 3. The molecule has 0 fully saturated rings. The van der Waals surface area contributed by atoms with Crippen LogP contribution >= 0.6 is 0 Å². The predicted molar refractivity (Wildman–Crippen MR) is 86.8 cm³/mol. The van der Waals surface area contributed by atoms with E-state index in [-0.39, 0.29) is 24.2 Å². The van der Waals surface area contributed by atoms with Gasteiger partial charge >= 0.3 is 0 Å². The van der Waals surface area contributed by atoms with E-state index >= 15 is 0 Å². The van der Waals surface area contributed by atoms with Gasteiger partial charge in [-0.05, 0) is 31.5 Å². The van der Waals surface area contributed by atoms with Gasteiger partial charge in [-0.1, -0.05) is 12.1 Å². The van der Waals surface area contributed by atoms with Gasteiger partial charge in [0.15, 0.2) is 0 Å². The summed E-state index contributed by atoms with van der Waals surface area (Å²) in [5, 5.41) is 7.12. The molecular weight excluding hydrogens is 311 g/mol. The number of nitrogens with one attached hydrogen (secondary N) is 1. The van der Waals surface area contributed by atoms with Crippen molar-refractivity contribution in [3.05, 3.63) is 47.4 Å². The molecular formula is C17H19FN4O2. The van der Waals surface area contributed by atoms with Crippen molar-refractivity contribution in [3.63, 3.8) is 0 Å². The summed E-state index contributed by atoms with van der Waals surface area (Å²) in [6, 6.07) is 7.09. The lowest BCUT2D eigenvalue weighted by atomic mass is 10.2. The summed E-state index contributed by atoms with van der Waals surface area (Å²) >= 11 is 0. The summed E-state index contributed by atoms with van der Waals surface area (Å²) in [5.41, 5.74) is 1.60. The van der Waals surface area contributed by atoms with Crippen LogP contribution in [0.5, 0.6) is 0 Å². The van der Waals surface area contributed by atoms with Gasteiger partial charge in [-0.3, -0.25) is 14.5 Å². The van der Waals surface area contributed by atoms with Crippen molar-refractivity contribution in [1.29, 1.82) is 0 Å². The molecule has 24 heavy (non-hydrogen) atoms. The fourth-order valence-corrected chi connectivity index (χ4v) is 2.81. The second-order valence-corrected chi connectivity index (χ2v) is 5.90. The molecule has 1 aromatic carbocycles. The molecule has 126 valence electrons. The van der Waals surface area contributed by atoms with Gasteiger partial charge in [0, 0.05) is 19.0 Å². The molecule has 1 aromatic heterocycles. The van der Waals surface area contributed by atoms with E-state index in [0.29, 0.717) is 18.8 Å². The van der Waals surface area contributed by atoms with E-state index in [1.54, 1.807) is 29.8 Å². The first kappa shape index (κ1) is 16.2. The lowest BCUT2D eigenvalue weighted by Crippen LogP contribution is -2.50. The summed E-state index contributed by atoms with van der Waals surface area (Å²) in [6.45, 7) is 4.36. The molecule has 0 aliphatic carbocycles. The molecule has 1 N–H and O–H groups in total. The third-order valence-corrected chi connectivity index (χ3v) is 4.08. The average molecular weight is 330 g/mol. The van der Waals surface area contributed by atoms with Gasteiger partial charge in [0.05, 0.1) is 12.2 Å². The number of carbonyl (C=O) groups excluding carboxylic acids is 2. The second kappa shape index (κ2) is 6.43. The molecule has 7 heteroatoms. The average Bonchev–Trinajstić information content (AvgIpc) is 2.93. The van der Waals surface area contributed by atoms with Crippen LogP contribution < -0.4 is 10.2 Å². The number of aryl methyl sites for hydroxylation is 2. The van der Waals surface area contributed by atoms with Crippen LogP contribution in [0.15, 0.2) is 30.3 Å². The molecule has 1 aliphatic heterocycles. The summed E-state index contributed by atoms with van der Waals surface area (Å²) in [5.74, 6) is -0.0269. The van der Waals surface area contributed by atoms with Crippen molar-refractivity contribution >= 4 is 17.6 Å². The molecule has 0 radical (unpaired) electrons. The predicted octanol–water partition coefficient (Wildman–Crippen LogP) is 1.77. The van der Waals surface area contributed by atoms with E-state index in [1.165, 1.54) is 17.0 Å². The highest BCUT2D eigenvalue weighted by Crippen LogP contribution is 2.24. The highest BCUT2D eigenvalue weighted by Gasteiger charge is 2.32. The summed E-state index contributed by atoms with van der Waals surface area (Å²) in [6.07, 6.45) is 0.323. The van der Waals surface area contributed by atoms with Crippen LogP contribution in [0.4, 0.5) is 10.2 Å². The molecule has 1 aliphatic rings. The number of halogens is 1. The smallest absolute Gasteiger partial charge is 0.243 e. The van der Waals surface area contributed by atoms with Gasteiger partial charge in [0.25, 0.3) is 0 Å². The Balaban J connectivity index is 1.71. The van der Waals surface area contributed by atoms with Gasteiger partial charge in [0.2, 0.25) is 11.8 Å². The molecule has 0 bridgehead atoms. The van der Waals surface area contributed by atoms with Crippen LogP contribution in [-0.2, 0) is 22.7 Å². The van der Waals surface area contributed by atoms with Crippen molar-refractivity contribution in [3.8, 4) is 0 Å². The molecule has 1 atom stereocenters. The first-order chi connectivity index (χ1) is 11.5. The van der Waals surface area contributed by atoms with Crippen LogP contribution in [0.3, 0.4) is 0 Å². The maximum Gasteiger partial charge on any atom is 0.243 e. The van der Waals surface area contributed by atoms with Crippen molar-refractivity contribution in [1.82, 2.24) is 15.1 Å². The Kier molecular flexibility index (Phi) is 4.33. The molecule has 0 unspecified atom stereocenters. The Hall–Kier alpha value is -2.70. The molecule has 3 rings (SSSR count). The molecule has 0 saturated carbocycles. The zero-order chi connectivity index (χ0) is 17.3. The van der Waals surface area contributed by atoms with E-state index in [9.17, 15) is 14.0 Å². The number of anilines is 1. The molecule has 0 saturated heterocycles. The number of rotatable bonds is 4. The van der Waals surface area contributed by atoms with E-state index in [1.807, 2.05) is 6.92 Å². The highest BCUT2D eigenvalue weighted by molar-refractivity contribution is 6.00. The van der Waals surface area contributed by atoms with Gasteiger partial charge in [-0.25, -0.2) is 9.07 Å². The number of amides is 2. The molecule has 6 nitrogen and oxygen atoms in total. The monoisotopic (exact) mass is 330 g/mol. The SMILES string of the molecule is Cc1cc2n(n1)CCC(=O)N2[C@@H](C)C(=O)NCc1ccc(F)cc1. The van der Waals surface area contributed by atoms with Gasteiger partial charge in [-0.2, -0.15) is 5.10 Å². The molecule has 2 aromatic rings. The highest BCUT2D eigenvalue weighted by atomic mass is 19.1. The van der Waals surface area contributed by atoms with Crippen LogP contribution in [0, 0.1) is 12.7 Å². The summed E-state index contributed by atoms with van der Waals surface area (Å²) in [7, 11) is 0. The van der Waals surface area contributed by atoms with Gasteiger partial charge < -0.3 is 5.32 Å². The Morgan fingerprint density at radius 3 is 2.79 bits per heavy atom. The fourth-order valence-electron chi connectivity index (χ4n) is 2.81. The topological polar surface area (TPSA) is 67.2 Å². The van der Waals surface area contributed by atoms with Gasteiger partial charge in [-0.15, -0.1) is 0 Å². The first-order valence-corrected chi connectivity index (χ1v) is 7.84. The zero-order valence-corrected chi connectivity index (χ0v) is 13.6. The van der Waals surface area contributed by atoms with E-state index in [4.69, 9.17) is 0 Å². The summed E-state index contributed by atoms with van der Waals surface area (Å²) in [4.78, 5) is 26.2. The maximum atomic E-state index is 12.9. The standard InChI is InChI=1S/C17H19FN4O2/c1-11-9-15-21(20-11)8-7-16(23)22(15)12(2)17(24)19-10-13-3-5-14(18)6-4-13/h3-6,9,12H,7-8,10H2,1-2H3,(H,19,24)/t12-/m0/s1. The molecule has 0 spiro atoms. The summed E-state index contributed by atoms with van der Waals surface area (Å²) < 4.78 is 14.7. The van der Waals surface area contributed by atoms with Crippen molar-refractivity contribution in [2.45, 2.75) is 39.4 Å². The normalized spacial score (nSPS) is 15.1. The van der Waals surface area contributed by atoms with Crippen molar-refractivity contribution in [2.75, 3.05) is 4.90 Å².